The van der Waals surface area contributed by atoms with Crippen molar-refractivity contribution >= 4 is 28.4 Å². The van der Waals surface area contributed by atoms with Gasteiger partial charge in [-0.15, -0.1) is 0 Å². The summed E-state index contributed by atoms with van der Waals surface area (Å²) in [5, 5.41) is 6.14. The molecule has 0 aliphatic carbocycles. The van der Waals surface area contributed by atoms with Gasteiger partial charge < -0.3 is 20.4 Å². The molecule has 128 valence electrons. The first-order valence-corrected chi connectivity index (χ1v) is 7.95. The van der Waals surface area contributed by atoms with Crippen molar-refractivity contribution in [3.05, 3.63) is 60.3 Å². The van der Waals surface area contributed by atoms with Crippen molar-refractivity contribution in [1.29, 1.82) is 0 Å². The number of H-pyrrole nitrogens is 1. The van der Waals surface area contributed by atoms with Crippen molar-refractivity contribution in [2.75, 3.05) is 19.0 Å². The standard InChI is InChI=1S/C19H19N3O3/c1-25-14-7-5-13(6-8-14)9-11-21-18(23)19(24)22-17-4-2-3-16-15(17)10-12-20-16/h2-8,10,12,20H,9,11H2,1H3,(H,21,23)(H,22,24). The van der Waals surface area contributed by atoms with E-state index in [1.165, 1.54) is 0 Å². The summed E-state index contributed by atoms with van der Waals surface area (Å²) in [7, 11) is 1.61. The largest absolute Gasteiger partial charge is 0.497 e. The Hall–Kier alpha value is -3.28. The molecule has 2 aromatic carbocycles. The predicted molar refractivity (Wildman–Crippen MR) is 96.6 cm³/mol. The summed E-state index contributed by atoms with van der Waals surface area (Å²) in [6, 6.07) is 14.9. The van der Waals surface area contributed by atoms with Crippen molar-refractivity contribution in [3.8, 4) is 5.75 Å². The Balaban J connectivity index is 1.52. The number of anilines is 1. The molecule has 3 aromatic rings. The normalized spacial score (nSPS) is 10.4. The van der Waals surface area contributed by atoms with Gasteiger partial charge in [0.2, 0.25) is 0 Å². The smallest absolute Gasteiger partial charge is 0.313 e. The van der Waals surface area contributed by atoms with Crippen LogP contribution in [0.5, 0.6) is 5.75 Å². The van der Waals surface area contributed by atoms with Gasteiger partial charge in [0, 0.05) is 23.6 Å². The molecule has 1 aromatic heterocycles. The van der Waals surface area contributed by atoms with Crippen LogP contribution in [-0.4, -0.2) is 30.5 Å². The molecule has 0 atom stereocenters. The fraction of sp³-hybridized carbons (Fsp3) is 0.158. The molecule has 3 N–H and O–H groups in total. The van der Waals surface area contributed by atoms with Crippen molar-refractivity contribution < 1.29 is 14.3 Å². The van der Waals surface area contributed by atoms with Crippen molar-refractivity contribution in [3.63, 3.8) is 0 Å². The van der Waals surface area contributed by atoms with E-state index in [1.807, 2.05) is 42.5 Å². The SMILES string of the molecule is COc1ccc(CCNC(=O)C(=O)Nc2cccc3[nH]ccc23)cc1. The number of fused-ring (bicyclic) bond motifs is 1. The molecule has 0 spiro atoms. The van der Waals surface area contributed by atoms with Crippen LogP contribution in [0, 0.1) is 0 Å². The summed E-state index contributed by atoms with van der Waals surface area (Å²) in [4.78, 5) is 27.1. The molecule has 1 heterocycles. The minimum absolute atomic E-state index is 0.382. The predicted octanol–water partition coefficient (Wildman–Crippen LogP) is 2.47. The molecule has 0 aliphatic heterocycles. The Labute approximate surface area is 145 Å². The third kappa shape index (κ3) is 3.98. The second-order valence-electron chi connectivity index (χ2n) is 5.55. The quantitative estimate of drug-likeness (QED) is 0.626. The highest BCUT2D eigenvalue weighted by Gasteiger charge is 2.14. The fourth-order valence-corrected chi connectivity index (χ4v) is 2.57. The summed E-state index contributed by atoms with van der Waals surface area (Å²) in [6.45, 7) is 0.382. The molecule has 0 aliphatic rings. The number of carbonyl (C=O) groups excluding carboxylic acids is 2. The van der Waals surface area contributed by atoms with Crippen molar-refractivity contribution in [1.82, 2.24) is 10.3 Å². The average Bonchev–Trinajstić information content (AvgIpc) is 3.12. The van der Waals surface area contributed by atoms with Gasteiger partial charge in [0.15, 0.2) is 0 Å². The molecular weight excluding hydrogens is 318 g/mol. The minimum atomic E-state index is -0.677. The summed E-state index contributed by atoms with van der Waals surface area (Å²) in [5.41, 5.74) is 2.56. The zero-order valence-corrected chi connectivity index (χ0v) is 13.8. The molecule has 3 rings (SSSR count). The number of ether oxygens (including phenoxy) is 1. The molecule has 0 radical (unpaired) electrons. The molecule has 25 heavy (non-hydrogen) atoms. The number of methoxy groups -OCH3 is 1. The number of aromatic nitrogens is 1. The highest BCUT2D eigenvalue weighted by atomic mass is 16.5. The van der Waals surface area contributed by atoms with Crippen LogP contribution < -0.4 is 15.4 Å². The third-order valence-electron chi connectivity index (χ3n) is 3.91. The van der Waals surface area contributed by atoms with Gasteiger partial charge in [-0.25, -0.2) is 0 Å². The zero-order chi connectivity index (χ0) is 17.6. The van der Waals surface area contributed by atoms with Gasteiger partial charge in [-0.2, -0.15) is 0 Å². The maximum atomic E-state index is 12.1. The number of carbonyl (C=O) groups is 2. The third-order valence-corrected chi connectivity index (χ3v) is 3.91. The molecule has 0 unspecified atom stereocenters. The Morgan fingerprint density at radius 1 is 1.04 bits per heavy atom. The fourth-order valence-electron chi connectivity index (χ4n) is 2.57. The summed E-state index contributed by atoms with van der Waals surface area (Å²) in [6.07, 6.45) is 2.42. The second kappa shape index (κ2) is 7.53. The lowest BCUT2D eigenvalue weighted by molar-refractivity contribution is -0.136. The summed E-state index contributed by atoms with van der Waals surface area (Å²) < 4.78 is 5.10. The van der Waals surface area contributed by atoms with Gasteiger partial charge in [0.25, 0.3) is 0 Å². The first-order valence-electron chi connectivity index (χ1n) is 7.95. The van der Waals surface area contributed by atoms with Gasteiger partial charge in [-0.05, 0) is 42.3 Å². The molecular formula is C19H19N3O3. The lowest BCUT2D eigenvalue weighted by Gasteiger charge is -2.08. The minimum Gasteiger partial charge on any atom is -0.497 e. The lowest BCUT2D eigenvalue weighted by Crippen LogP contribution is -2.36. The highest BCUT2D eigenvalue weighted by molar-refractivity contribution is 6.40. The van der Waals surface area contributed by atoms with E-state index in [2.05, 4.69) is 15.6 Å². The monoisotopic (exact) mass is 337 g/mol. The van der Waals surface area contributed by atoms with Gasteiger partial charge in [-0.1, -0.05) is 18.2 Å². The number of benzene rings is 2. The number of rotatable bonds is 5. The summed E-state index contributed by atoms with van der Waals surface area (Å²) in [5.74, 6) is -0.546. The van der Waals surface area contributed by atoms with Crippen molar-refractivity contribution in [2.45, 2.75) is 6.42 Å². The van der Waals surface area contributed by atoms with Gasteiger partial charge in [0.1, 0.15) is 5.75 Å². The Morgan fingerprint density at radius 3 is 2.60 bits per heavy atom. The molecule has 0 saturated carbocycles. The Morgan fingerprint density at radius 2 is 1.84 bits per heavy atom. The molecule has 6 nitrogen and oxygen atoms in total. The Kier molecular flexibility index (Phi) is 4.99. The second-order valence-corrected chi connectivity index (χ2v) is 5.55. The number of nitrogens with one attached hydrogen (secondary N) is 3. The van der Waals surface area contributed by atoms with E-state index < -0.39 is 11.8 Å². The highest BCUT2D eigenvalue weighted by Crippen LogP contribution is 2.21. The van der Waals surface area contributed by atoms with E-state index in [9.17, 15) is 9.59 Å². The van der Waals surface area contributed by atoms with Gasteiger partial charge >= 0.3 is 11.8 Å². The van der Waals surface area contributed by atoms with E-state index in [-0.39, 0.29) is 0 Å². The van der Waals surface area contributed by atoms with E-state index >= 15 is 0 Å². The number of amides is 2. The zero-order valence-electron chi connectivity index (χ0n) is 13.8. The van der Waals surface area contributed by atoms with E-state index in [4.69, 9.17) is 4.74 Å². The van der Waals surface area contributed by atoms with Crippen LogP contribution in [-0.2, 0) is 16.0 Å². The van der Waals surface area contributed by atoms with E-state index in [1.54, 1.807) is 19.4 Å². The van der Waals surface area contributed by atoms with E-state index in [0.29, 0.717) is 18.7 Å². The van der Waals surface area contributed by atoms with Crippen LogP contribution in [0.2, 0.25) is 0 Å². The van der Waals surface area contributed by atoms with E-state index in [0.717, 1.165) is 22.2 Å². The van der Waals surface area contributed by atoms with Crippen LogP contribution in [0.3, 0.4) is 0 Å². The molecule has 0 saturated heterocycles. The van der Waals surface area contributed by atoms with Crippen LogP contribution in [0.4, 0.5) is 5.69 Å². The number of hydrogen-bond acceptors (Lipinski definition) is 3. The summed E-state index contributed by atoms with van der Waals surface area (Å²) >= 11 is 0. The maximum Gasteiger partial charge on any atom is 0.313 e. The molecule has 2 amide bonds. The number of hydrogen-bond donors (Lipinski definition) is 3. The molecule has 0 bridgehead atoms. The van der Waals surface area contributed by atoms with Crippen LogP contribution in [0.1, 0.15) is 5.56 Å². The maximum absolute atomic E-state index is 12.1. The first kappa shape index (κ1) is 16.6. The molecule has 0 fully saturated rings. The Bertz CT molecular complexity index is 884. The topological polar surface area (TPSA) is 83.2 Å². The average molecular weight is 337 g/mol. The molecule has 6 heteroatoms. The van der Waals surface area contributed by atoms with Gasteiger partial charge in [-0.3, -0.25) is 9.59 Å². The first-order chi connectivity index (χ1) is 12.2. The lowest BCUT2D eigenvalue weighted by atomic mass is 10.1. The van der Waals surface area contributed by atoms with Crippen LogP contribution >= 0.6 is 0 Å². The van der Waals surface area contributed by atoms with Gasteiger partial charge in [0.05, 0.1) is 12.8 Å². The van der Waals surface area contributed by atoms with Crippen LogP contribution in [0.25, 0.3) is 10.9 Å². The van der Waals surface area contributed by atoms with Crippen LogP contribution in [0.15, 0.2) is 54.7 Å². The van der Waals surface area contributed by atoms with Crippen molar-refractivity contribution in [2.24, 2.45) is 0 Å². The number of aromatic amines is 1.